The van der Waals surface area contributed by atoms with Crippen molar-refractivity contribution in [3.05, 3.63) is 0 Å². The van der Waals surface area contributed by atoms with E-state index in [9.17, 15) is 9.59 Å². The fraction of sp³-hybridized carbons (Fsp3) is 0.636. The molecule has 0 spiro atoms. The minimum absolute atomic E-state index is 0.0546. The van der Waals surface area contributed by atoms with Crippen LogP contribution in [0.4, 0.5) is 0 Å². The fourth-order valence-corrected chi connectivity index (χ4v) is 1.93. The van der Waals surface area contributed by atoms with E-state index < -0.39 is 11.9 Å². The van der Waals surface area contributed by atoms with Crippen LogP contribution in [0.15, 0.2) is 0 Å². The Morgan fingerprint density at radius 1 is 1.53 bits per heavy atom. The molecule has 4 heteroatoms. The first-order valence-electron chi connectivity index (χ1n) is 4.98. The van der Waals surface area contributed by atoms with Gasteiger partial charge in [-0.2, -0.15) is 0 Å². The second kappa shape index (κ2) is 4.83. The molecule has 0 bridgehead atoms. The summed E-state index contributed by atoms with van der Waals surface area (Å²) in [6.45, 7) is 2.86. The van der Waals surface area contributed by atoms with E-state index in [4.69, 9.17) is 11.5 Å². The monoisotopic (exact) mass is 209 g/mol. The van der Waals surface area contributed by atoms with E-state index in [1.165, 1.54) is 0 Å². The molecule has 2 atom stereocenters. The fourth-order valence-electron chi connectivity index (χ4n) is 1.93. The number of carboxylic acid groups (broad SMARTS) is 1. The van der Waals surface area contributed by atoms with Crippen molar-refractivity contribution in [3.8, 4) is 12.3 Å². The minimum Gasteiger partial charge on any atom is -0.481 e. The largest absolute Gasteiger partial charge is 0.481 e. The van der Waals surface area contributed by atoms with Crippen molar-refractivity contribution in [3.63, 3.8) is 0 Å². The molecule has 82 valence electrons. The molecule has 0 aromatic carbocycles. The van der Waals surface area contributed by atoms with Gasteiger partial charge in [-0.3, -0.25) is 9.59 Å². The number of hydrogen-bond donors (Lipinski definition) is 1. The molecule has 2 unspecified atom stereocenters. The van der Waals surface area contributed by atoms with Crippen molar-refractivity contribution in [1.82, 2.24) is 4.90 Å². The molecule has 1 fully saturated rings. The zero-order valence-corrected chi connectivity index (χ0v) is 8.77. The van der Waals surface area contributed by atoms with Gasteiger partial charge in [-0.25, -0.2) is 0 Å². The van der Waals surface area contributed by atoms with Crippen LogP contribution in [0.25, 0.3) is 0 Å². The standard InChI is InChI=1S/C11H15NO3/c1-3-4-10(13)12-6-8(2)5-9(7-12)11(14)15/h1,8-9H,4-7H2,2H3,(H,14,15). The van der Waals surface area contributed by atoms with Crippen molar-refractivity contribution >= 4 is 11.9 Å². The van der Waals surface area contributed by atoms with E-state index in [-0.39, 0.29) is 18.2 Å². The summed E-state index contributed by atoms with van der Waals surface area (Å²) in [5.41, 5.74) is 0. The first-order chi connectivity index (χ1) is 7.04. The molecule has 1 aliphatic heterocycles. The van der Waals surface area contributed by atoms with Crippen LogP contribution in [0, 0.1) is 24.2 Å². The molecule has 1 aliphatic rings. The van der Waals surface area contributed by atoms with Crippen LogP contribution < -0.4 is 0 Å². The van der Waals surface area contributed by atoms with Crippen LogP contribution in [0.1, 0.15) is 19.8 Å². The summed E-state index contributed by atoms with van der Waals surface area (Å²) in [6.07, 6.45) is 5.74. The molecule has 15 heavy (non-hydrogen) atoms. The lowest BCUT2D eigenvalue weighted by atomic mass is 9.90. The van der Waals surface area contributed by atoms with Crippen molar-refractivity contribution in [2.45, 2.75) is 19.8 Å². The Morgan fingerprint density at radius 2 is 2.20 bits per heavy atom. The number of amides is 1. The number of piperidine rings is 1. The van der Waals surface area contributed by atoms with Crippen molar-refractivity contribution < 1.29 is 14.7 Å². The van der Waals surface area contributed by atoms with Gasteiger partial charge in [0.05, 0.1) is 12.3 Å². The number of hydrogen-bond acceptors (Lipinski definition) is 2. The third-order valence-electron chi connectivity index (χ3n) is 2.61. The van der Waals surface area contributed by atoms with Crippen LogP contribution >= 0.6 is 0 Å². The van der Waals surface area contributed by atoms with Gasteiger partial charge in [0.25, 0.3) is 0 Å². The number of likely N-dealkylation sites (tertiary alicyclic amines) is 1. The Labute approximate surface area is 89.3 Å². The van der Waals surface area contributed by atoms with Crippen LogP contribution in [0.5, 0.6) is 0 Å². The summed E-state index contributed by atoms with van der Waals surface area (Å²) >= 11 is 0. The number of carboxylic acids is 1. The topological polar surface area (TPSA) is 57.6 Å². The molecular formula is C11H15NO3. The summed E-state index contributed by atoms with van der Waals surface area (Å²) in [7, 11) is 0. The lowest BCUT2D eigenvalue weighted by molar-refractivity contribution is -0.146. The van der Waals surface area contributed by atoms with E-state index >= 15 is 0 Å². The van der Waals surface area contributed by atoms with Crippen molar-refractivity contribution in [2.75, 3.05) is 13.1 Å². The Bertz CT molecular complexity index is 305. The second-order valence-electron chi connectivity index (χ2n) is 4.06. The quantitative estimate of drug-likeness (QED) is 0.677. The first kappa shape index (κ1) is 11.6. The average molecular weight is 209 g/mol. The average Bonchev–Trinajstić information content (AvgIpc) is 2.17. The summed E-state index contributed by atoms with van der Waals surface area (Å²) in [5.74, 6) is 1.08. The lowest BCUT2D eigenvalue weighted by Crippen LogP contribution is -2.45. The first-order valence-corrected chi connectivity index (χ1v) is 4.98. The molecule has 1 saturated heterocycles. The molecule has 0 saturated carbocycles. The van der Waals surface area contributed by atoms with Gasteiger partial charge in [0.1, 0.15) is 0 Å². The van der Waals surface area contributed by atoms with E-state index in [2.05, 4.69) is 5.92 Å². The number of terminal acetylenes is 1. The third-order valence-corrected chi connectivity index (χ3v) is 2.61. The normalized spacial score (nSPS) is 25.7. The smallest absolute Gasteiger partial charge is 0.308 e. The van der Waals surface area contributed by atoms with Gasteiger partial charge in [-0.1, -0.05) is 12.8 Å². The highest BCUT2D eigenvalue weighted by Gasteiger charge is 2.31. The molecule has 0 aromatic heterocycles. The second-order valence-corrected chi connectivity index (χ2v) is 4.06. The van der Waals surface area contributed by atoms with Crippen LogP contribution in [-0.4, -0.2) is 35.0 Å². The van der Waals surface area contributed by atoms with Crippen molar-refractivity contribution in [1.29, 1.82) is 0 Å². The van der Waals surface area contributed by atoms with Crippen molar-refractivity contribution in [2.24, 2.45) is 11.8 Å². The highest BCUT2D eigenvalue weighted by atomic mass is 16.4. The molecule has 0 aromatic rings. The van der Waals surface area contributed by atoms with Crippen LogP contribution in [0.2, 0.25) is 0 Å². The number of rotatable bonds is 2. The van der Waals surface area contributed by atoms with E-state index in [1.54, 1.807) is 4.90 Å². The Kier molecular flexibility index (Phi) is 3.73. The molecule has 1 N–H and O–H groups in total. The van der Waals surface area contributed by atoms with Gasteiger partial charge >= 0.3 is 5.97 Å². The van der Waals surface area contributed by atoms with Crippen LogP contribution in [0.3, 0.4) is 0 Å². The summed E-state index contributed by atoms with van der Waals surface area (Å²) in [6, 6.07) is 0. The van der Waals surface area contributed by atoms with Gasteiger partial charge in [0.2, 0.25) is 5.91 Å². The van der Waals surface area contributed by atoms with Gasteiger partial charge < -0.3 is 10.0 Å². The molecule has 0 radical (unpaired) electrons. The van der Waals surface area contributed by atoms with Gasteiger partial charge in [0.15, 0.2) is 0 Å². The maximum Gasteiger partial charge on any atom is 0.308 e. The number of nitrogens with zero attached hydrogens (tertiary/aromatic N) is 1. The van der Waals surface area contributed by atoms with E-state index in [0.29, 0.717) is 19.5 Å². The number of carbonyl (C=O) groups excluding carboxylic acids is 1. The minimum atomic E-state index is -0.833. The highest BCUT2D eigenvalue weighted by Crippen LogP contribution is 2.22. The summed E-state index contributed by atoms with van der Waals surface area (Å²) in [5, 5.41) is 8.91. The van der Waals surface area contributed by atoms with Gasteiger partial charge in [-0.15, -0.1) is 6.42 Å². The van der Waals surface area contributed by atoms with Gasteiger partial charge in [-0.05, 0) is 12.3 Å². The molecule has 1 rings (SSSR count). The molecule has 1 heterocycles. The predicted octanol–water partition coefficient (Wildman–Crippen LogP) is 0.579. The summed E-state index contributed by atoms with van der Waals surface area (Å²) in [4.78, 5) is 23.9. The maximum absolute atomic E-state index is 11.5. The molecule has 1 amide bonds. The van der Waals surface area contributed by atoms with E-state index in [1.807, 2.05) is 6.92 Å². The Hall–Kier alpha value is -1.50. The lowest BCUT2D eigenvalue weighted by Gasteiger charge is -2.34. The molecular weight excluding hydrogens is 194 g/mol. The Balaban J connectivity index is 2.63. The Morgan fingerprint density at radius 3 is 2.73 bits per heavy atom. The van der Waals surface area contributed by atoms with Crippen LogP contribution in [-0.2, 0) is 9.59 Å². The SMILES string of the molecule is C#CCC(=O)N1CC(C)CC(C(=O)O)C1. The van der Waals surface area contributed by atoms with E-state index in [0.717, 1.165) is 0 Å². The third kappa shape index (κ3) is 2.98. The number of carbonyl (C=O) groups is 2. The number of aliphatic carboxylic acids is 1. The zero-order valence-electron chi connectivity index (χ0n) is 8.77. The highest BCUT2D eigenvalue weighted by molar-refractivity contribution is 5.80. The molecule has 0 aliphatic carbocycles. The van der Waals surface area contributed by atoms with Gasteiger partial charge in [0, 0.05) is 13.1 Å². The maximum atomic E-state index is 11.5. The zero-order chi connectivity index (χ0) is 11.4. The summed E-state index contributed by atoms with van der Waals surface area (Å²) < 4.78 is 0. The predicted molar refractivity (Wildman–Crippen MR) is 54.9 cm³/mol. The molecule has 4 nitrogen and oxygen atoms in total.